The maximum atomic E-state index is 11.7. The van der Waals surface area contributed by atoms with E-state index in [1.807, 2.05) is 0 Å². The molecule has 2 aromatic rings. The predicted octanol–water partition coefficient (Wildman–Crippen LogP) is 1.89. The van der Waals surface area contributed by atoms with Gasteiger partial charge in [-0.15, -0.1) is 0 Å². The number of rotatable bonds is 4. The van der Waals surface area contributed by atoms with E-state index in [4.69, 9.17) is 9.68 Å². The summed E-state index contributed by atoms with van der Waals surface area (Å²) >= 11 is 0. The molecule has 0 amide bonds. The van der Waals surface area contributed by atoms with Gasteiger partial charge in [0, 0.05) is 0 Å². The highest BCUT2D eigenvalue weighted by atomic mass is 32.2. The molecule has 19 heavy (non-hydrogen) atoms. The van der Waals surface area contributed by atoms with Gasteiger partial charge in [-0.1, -0.05) is 23.4 Å². The highest BCUT2D eigenvalue weighted by molar-refractivity contribution is 7.86. The van der Waals surface area contributed by atoms with Crippen molar-refractivity contribution in [1.82, 2.24) is 0 Å². The quantitative estimate of drug-likeness (QED) is 0.628. The summed E-state index contributed by atoms with van der Waals surface area (Å²) in [7, 11) is -3.94. The van der Waals surface area contributed by atoms with Gasteiger partial charge < -0.3 is 4.42 Å². The Morgan fingerprint density at radius 1 is 1.26 bits per heavy atom. The molecule has 0 atom stereocenters. The summed E-state index contributed by atoms with van der Waals surface area (Å²) in [6.07, 6.45) is 2.40. The van der Waals surface area contributed by atoms with Crippen molar-refractivity contribution in [2.45, 2.75) is 4.90 Å². The number of oxime groups is 1. The molecule has 0 spiro atoms. The molecule has 6 nitrogen and oxygen atoms in total. The monoisotopic (exact) mass is 276 g/mol. The highest BCUT2D eigenvalue weighted by Crippen LogP contribution is 2.12. The van der Waals surface area contributed by atoms with Gasteiger partial charge in [-0.3, -0.25) is 4.28 Å². The summed E-state index contributed by atoms with van der Waals surface area (Å²) in [6.45, 7) is 0. The Labute approximate surface area is 109 Å². The average molecular weight is 276 g/mol. The molecule has 0 radical (unpaired) electrons. The Morgan fingerprint density at radius 3 is 2.68 bits per heavy atom. The first-order valence-electron chi connectivity index (χ1n) is 5.13. The van der Waals surface area contributed by atoms with E-state index in [9.17, 15) is 8.42 Å². The molecular weight excluding hydrogens is 268 g/mol. The minimum atomic E-state index is -3.94. The second-order valence-electron chi connectivity index (χ2n) is 3.39. The Kier molecular flexibility index (Phi) is 3.63. The zero-order valence-corrected chi connectivity index (χ0v) is 10.4. The molecule has 2 rings (SSSR count). The number of hydrogen-bond donors (Lipinski definition) is 0. The van der Waals surface area contributed by atoms with E-state index in [1.165, 1.54) is 24.5 Å². The number of nitrogens with zero attached hydrogens (tertiary/aromatic N) is 2. The third kappa shape index (κ3) is 3.00. The van der Waals surface area contributed by atoms with Crippen LogP contribution in [0.5, 0.6) is 0 Å². The maximum absolute atomic E-state index is 11.7. The van der Waals surface area contributed by atoms with Crippen LogP contribution in [0.3, 0.4) is 0 Å². The van der Waals surface area contributed by atoms with Gasteiger partial charge in [0.2, 0.25) is 5.76 Å². The van der Waals surface area contributed by atoms with Crippen LogP contribution < -0.4 is 0 Å². The SMILES string of the molecule is N#Cc1occc1C=NOS(=O)(=O)c1ccccc1. The van der Waals surface area contributed by atoms with E-state index in [2.05, 4.69) is 9.44 Å². The summed E-state index contributed by atoms with van der Waals surface area (Å²) < 4.78 is 32.7. The summed E-state index contributed by atoms with van der Waals surface area (Å²) in [5.74, 6) is 0.0319. The molecular formula is C12H8N2O4S. The van der Waals surface area contributed by atoms with E-state index < -0.39 is 10.1 Å². The van der Waals surface area contributed by atoms with Crippen LogP contribution in [0, 0.1) is 11.3 Å². The summed E-state index contributed by atoms with van der Waals surface area (Å²) in [4.78, 5) is -0.000139. The Morgan fingerprint density at radius 2 is 2.00 bits per heavy atom. The van der Waals surface area contributed by atoms with Crippen molar-refractivity contribution in [3.8, 4) is 6.07 Å². The van der Waals surface area contributed by atoms with Crippen LogP contribution in [-0.4, -0.2) is 14.6 Å². The van der Waals surface area contributed by atoms with E-state index >= 15 is 0 Å². The van der Waals surface area contributed by atoms with Crippen LogP contribution >= 0.6 is 0 Å². The number of benzene rings is 1. The van der Waals surface area contributed by atoms with Crippen LogP contribution in [0.25, 0.3) is 0 Å². The van der Waals surface area contributed by atoms with Crippen molar-refractivity contribution in [2.24, 2.45) is 5.16 Å². The molecule has 0 aliphatic carbocycles. The number of hydrogen-bond acceptors (Lipinski definition) is 6. The Hall–Kier alpha value is -2.59. The van der Waals surface area contributed by atoms with Gasteiger partial charge in [-0.25, -0.2) is 0 Å². The summed E-state index contributed by atoms with van der Waals surface area (Å²) in [5, 5.41) is 12.0. The molecule has 1 aromatic heterocycles. The molecule has 0 aliphatic rings. The van der Waals surface area contributed by atoms with Crippen molar-refractivity contribution in [1.29, 1.82) is 5.26 Å². The minimum absolute atomic E-state index is 0.000139. The fraction of sp³-hybridized carbons (Fsp3) is 0. The van der Waals surface area contributed by atoms with E-state index in [0.29, 0.717) is 5.56 Å². The lowest BCUT2D eigenvalue weighted by atomic mass is 10.3. The largest absolute Gasteiger partial charge is 0.453 e. The third-order valence-electron chi connectivity index (χ3n) is 2.16. The molecule has 0 aliphatic heterocycles. The smallest absolute Gasteiger partial charge is 0.358 e. The molecule has 0 N–H and O–H groups in total. The molecule has 0 unspecified atom stereocenters. The lowest BCUT2D eigenvalue weighted by Crippen LogP contribution is -2.02. The van der Waals surface area contributed by atoms with Gasteiger partial charge in [0.1, 0.15) is 11.0 Å². The topological polar surface area (TPSA) is 92.7 Å². The van der Waals surface area contributed by atoms with Crippen LogP contribution in [-0.2, 0) is 14.4 Å². The van der Waals surface area contributed by atoms with Gasteiger partial charge in [0.15, 0.2) is 0 Å². The number of furan rings is 1. The lowest BCUT2D eigenvalue weighted by molar-refractivity contribution is 0.341. The van der Waals surface area contributed by atoms with Gasteiger partial charge in [-0.05, 0) is 18.2 Å². The zero-order chi connectivity index (χ0) is 13.7. The van der Waals surface area contributed by atoms with Crippen molar-refractivity contribution in [2.75, 3.05) is 0 Å². The summed E-state index contributed by atoms with van der Waals surface area (Å²) in [5.41, 5.74) is 0.339. The van der Waals surface area contributed by atoms with Crippen LogP contribution in [0.1, 0.15) is 11.3 Å². The van der Waals surface area contributed by atoms with E-state index in [0.717, 1.165) is 6.21 Å². The Balaban J connectivity index is 2.13. The van der Waals surface area contributed by atoms with Crippen molar-refractivity contribution >= 4 is 16.3 Å². The first-order valence-corrected chi connectivity index (χ1v) is 6.54. The van der Waals surface area contributed by atoms with Gasteiger partial charge >= 0.3 is 10.1 Å². The minimum Gasteiger partial charge on any atom is -0.453 e. The third-order valence-corrected chi connectivity index (χ3v) is 3.29. The van der Waals surface area contributed by atoms with Crippen LogP contribution in [0.4, 0.5) is 0 Å². The molecule has 1 aromatic carbocycles. The Bertz CT molecular complexity index is 727. The maximum Gasteiger partial charge on any atom is 0.358 e. The molecule has 7 heteroatoms. The molecule has 0 saturated heterocycles. The van der Waals surface area contributed by atoms with Crippen molar-refractivity contribution in [3.63, 3.8) is 0 Å². The first-order chi connectivity index (χ1) is 9.13. The van der Waals surface area contributed by atoms with Crippen molar-refractivity contribution in [3.05, 3.63) is 54.0 Å². The van der Waals surface area contributed by atoms with Gasteiger partial charge in [0.05, 0.1) is 18.0 Å². The van der Waals surface area contributed by atoms with Gasteiger partial charge in [0.25, 0.3) is 0 Å². The van der Waals surface area contributed by atoms with Gasteiger partial charge in [-0.2, -0.15) is 13.7 Å². The number of nitriles is 1. The second-order valence-corrected chi connectivity index (χ2v) is 4.92. The standard InChI is InChI=1S/C12H8N2O4S/c13-8-12-10(6-7-17-12)9-14-18-19(15,16)11-4-2-1-3-5-11/h1-7,9H. The normalized spacial score (nSPS) is 11.3. The molecule has 0 bridgehead atoms. The van der Waals surface area contributed by atoms with E-state index in [1.54, 1.807) is 24.3 Å². The predicted molar refractivity (Wildman–Crippen MR) is 65.7 cm³/mol. The first kappa shape index (κ1) is 12.9. The van der Waals surface area contributed by atoms with Crippen molar-refractivity contribution < 1.29 is 17.1 Å². The van der Waals surface area contributed by atoms with E-state index in [-0.39, 0.29) is 10.7 Å². The lowest BCUT2D eigenvalue weighted by Gasteiger charge is -1.99. The second kappa shape index (κ2) is 5.37. The fourth-order valence-electron chi connectivity index (χ4n) is 1.28. The average Bonchev–Trinajstić information content (AvgIpc) is 2.87. The van der Waals surface area contributed by atoms with Crippen LogP contribution in [0.15, 0.2) is 57.1 Å². The molecule has 0 fully saturated rings. The highest BCUT2D eigenvalue weighted by Gasteiger charge is 2.14. The molecule has 96 valence electrons. The van der Waals surface area contributed by atoms with Crippen LogP contribution in [0.2, 0.25) is 0 Å². The summed E-state index contributed by atoms with van der Waals surface area (Å²) in [6, 6.07) is 10.9. The molecule has 0 saturated carbocycles. The fourth-order valence-corrected chi connectivity index (χ4v) is 2.01. The zero-order valence-electron chi connectivity index (χ0n) is 9.55. The molecule has 1 heterocycles.